The van der Waals surface area contributed by atoms with Crippen molar-refractivity contribution in [2.24, 2.45) is 0 Å². The van der Waals surface area contributed by atoms with Crippen molar-refractivity contribution in [1.82, 2.24) is 9.78 Å². The summed E-state index contributed by atoms with van der Waals surface area (Å²) in [5, 5.41) is 4.33. The number of nitrogens with zero attached hydrogens (tertiary/aromatic N) is 2. The maximum absolute atomic E-state index is 12.7. The Morgan fingerprint density at radius 1 is 1.08 bits per heavy atom. The number of sulfonamides is 1. The molecule has 0 unspecified atom stereocenters. The van der Waals surface area contributed by atoms with Gasteiger partial charge in [-0.2, -0.15) is 5.10 Å². The lowest BCUT2D eigenvalue weighted by Gasteiger charge is -2.12. The number of benzene rings is 2. The third-order valence-corrected chi connectivity index (χ3v) is 5.36. The molecule has 0 saturated carbocycles. The summed E-state index contributed by atoms with van der Waals surface area (Å²) in [7, 11) is -2.17. The van der Waals surface area contributed by atoms with E-state index >= 15 is 0 Å². The van der Waals surface area contributed by atoms with Crippen LogP contribution in [0.3, 0.4) is 0 Å². The molecule has 0 spiro atoms. The third kappa shape index (κ3) is 3.72. The van der Waals surface area contributed by atoms with Crippen molar-refractivity contribution in [3.8, 4) is 16.9 Å². The second-order valence-electron chi connectivity index (χ2n) is 6.13. The van der Waals surface area contributed by atoms with Gasteiger partial charge in [0.25, 0.3) is 10.0 Å². The van der Waals surface area contributed by atoms with Crippen molar-refractivity contribution in [3.05, 3.63) is 60.9 Å². The van der Waals surface area contributed by atoms with Crippen molar-refractivity contribution in [2.75, 3.05) is 11.8 Å². The Bertz CT molecular complexity index is 993. The fourth-order valence-electron chi connectivity index (χ4n) is 2.54. The van der Waals surface area contributed by atoms with Gasteiger partial charge in [-0.05, 0) is 44.2 Å². The quantitative estimate of drug-likeness (QED) is 0.712. The molecule has 0 atom stereocenters. The van der Waals surface area contributed by atoms with Gasteiger partial charge in [0.1, 0.15) is 5.75 Å². The monoisotopic (exact) mass is 371 g/mol. The topological polar surface area (TPSA) is 73.2 Å². The zero-order valence-electron chi connectivity index (χ0n) is 14.9. The predicted molar refractivity (Wildman–Crippen MR) is 102 cm³/mol. The van der Waals surface area contributed by atoms with Gasteiger partial charge in [-0.1, -0.05) is 18.2 Å². The summed E-state index contributed by atoms with van der Waals surface area (Å²) in [6, 6.07) is 13.8. The van der Waals surface area contributed by atoms with E-state index in [0.29, 0.717) is 11.4 Å². The molecule has 0 aliphatic carbocycles. The van der Waals surface area contributed by atoms with Gasteiger partial charge >= 0.3 is 0 Å². The Labute approximate surface area is 153 Å². The van der Waals surface area contributed by atoms with Crippen LogP contribution in [0.5, 0.6) is 5.75 Å². The number of nitrogens with one attached hydrogen (secondary N) is 1. The Hall–Kier alpha value is -2.80. The molecule has 1 heterocycles. The highest BCUT2D eigenvalue weighted by Crippen LogP contribution is 2.30. The largest absolute Gasteiger partial charge is 0.497 e. The van der Waals surface area contributed by atoms with Crippen LogP contribution in [-0.4, -0.2) is 25.3 Å². The van der Waals surface area contributed by atoms with E-state index in [-0.39, 0.29) is 10.9 Å². The van der Waals surface area contributed by atoms with Crippen molar-refractivity contribution < 1.29 is 13.2 Å². The number of ether oxygens (including phenoxy) is 1. The molecule has 0 radical (unpaired) electrons. The lowest BCUT2D eigenvalue weighted by molar-refractivity contribution is 0.414. The number of hydrogen-bond donors (Lipinski definition) is 1. The number of rotatable bonds is 6. The van der Waals surface area contributed by atoms with Gasteiger partial charge in [-0.25, -0.2) is 8.42 Å². The van der Waals surface area contributed by atoms with Crippen LogP contribution < -0.4 is 9.46 Å². The SMILES string of the molecule is COc1ccc(S(=O)(=O)Nc2ccccc2-c2cnn(C(C)C)c2)cc1. The number of anilines is 1. The molecule has 0 fully saturated rings. The molecule has 26 heavy (non-hydrogen) atoms. The molecular weight excluding hydrogens is 350 g/mol. The molecule has 0 bridgehead atoms. The van der Waals surface area contributed by atoms with E-state index in [4.69, 9.17) is 4.74 Å². The van der Waals surface area contributed by atoms with Crippen molar-refractivity contribution >= 4 is 15.7 Å². The molecule has 3 rings (SSSR count). The summed E-state index contributed by atoms with van der Waals surface area (Å²) in [6.45, 7) is 4.07. The first kappa shape index (κ1) is 18.0. The minimum atomic E-state index is -3.71. The zero-order chi connectivity index (χ0) is 18.7. The molecule has 0 amide bonds. The zero-order valence-corrected chi connectivity index (χ0v) is 15.7. The van der Waals surface area contributed by atoms with Crippen LogP contribution >= 0.6 is 0 Å². The number of para-hydroxylation sites is 1. The van der Waals surface area contributed by atoms with E-state index in [9.17, 15) is 8.42 Å². The van der Waals surface area contributed by atoms with Gasteiger partial charge < -0.3 is 4.74 Å². The van der Waals surface area contributed by atoms with Crippen LogP contribution in [-0.2, 0) is 10.0 Å². The van der Waals surface area contributed by atoms with Gasteiger partial charge in [-0.15, -0.1) is 0 Å². The molecule has 0 saturated heterocycles. The van der Waals surface area contributed by atoms with E-state index in [0.717, 1.165) is 11.1 Å². The Morgan fingerprint density at radius 3 is 2.38 bits per heavy atom. The second-order valence-corrected chi connectivity index (χ2v) is 7.81. The summed E-state index contributed by atoms with van der Waals surface area (Å²) >= 11 is 0. The molecule has 0 aliphatic heterocycles. The van der Waals surface area contributed by atoms with Crippen LogP contribution in [0.4, 0.5) is 5.69 Å². The van der Waals surface area contributed by atoms with Gasteiger partial charge in [0, 0.05) is 23.4 Å². The van der Waals surface area contributed by atoms with Crippen LogP contribution in [0.2, 0.25) is 0 Å². The smallest absolute Gasteiger partial charge is 0.261 e. The van der Waals surface area contributed by atoms with Crippen molar-refractivity contribution in [1.29, 1.82) is 0 Å². The van der Waals surface area contributed by atoms with Crippen LogP contribution in [0.25, 0.3) is 11.1 Å². The maximum Gasteiger partial charge on any atom is 0.261 e. The van der Waals surface area contributed by atoms with E-state index < -0.39 is 10.0 Å². The molecule has 3 aromatic rings. The van der Waals surface area contributed by atoms with Gasteiger partial charge in [-0.3, -0.25) is 9.40 Å². The lowest BCUT2D eigenvalue weighted by Crippen LogP contribution is -2.13. The van der Waals surface area contributed by atoms with E-state index in [2.05, 4.69) is 9.82 Å². The first-order chi connectivity index (χ1) is 12.4. The maximum atomic E-state index is 12.7. The predicted octanol–water partition coefficient (Wildman–Crippen LogP) is 3.94. The molecule has 6 nitrogen and oxygen atoms in total. The van der Waals surface area contributed by atoms with E-state index in [1.54, 1.807) is 30.5 Å². The van der Waals surface area contributed by atoms with Crippen LogP contribution in [0.15, 0.2) is 65.8 Å². The third-order valence-electron chi connectivity index (χ3n) is 3.98. The molecule has 1 aromatic heterocycles. The van der Waals surface area contributed by atoms with Gasteiger partial charge in [0.2, 0.25) is 0 Å². The highest BCUT2D eigenvalue weighted by atomic mass is 32.2. The van der Waals surface area contributed by atoms with Crippen LogP contribution in [0.1, 0.15) is 19.9 Å². The molecule has 2 aromatic carbocycles. The second kappa shape index (κ2) is 7.21. The fraction of sp³-hybridized carbons (Fsp3) is 0.211. The first-order valence-corrected chi connectivity index (χ1v) is 9.69. The highest BCUT2D eigenvalue weighted by Gasteiger charge is 2.17. The Kier molecular flexibility index (Phi) is 4.99. The summed E-state index contributed by atoms with van der Waals surface area (Å²) in [4.78, 5) is 0.172. The average molecular weight is 371 g/mol. The molecule has 136 valence electrons. The molecular formula is C19H21N3O3S. The average Bonchev–Trinajstić information content (AvgIpc) is 3.12. The minimum Gasteiger partial charge on any atom is -0.497 e. The summed E-state index contributed by atoms with van der Waals surface area (Å²) < 4.78 is 35.0. The summed E-state index contributed by atoms with van der Waals surface area (Å²) in [5.41, 5.74) is 2.13. The number of aromatic nitrogens is 2. The van der Waals surface area contributed by atoms with Crippen molar-refractivity contribution in [3.63, 3.8) is 0 Å². The lowest BCUT2D eigenvalue weighted by atomic mass is 10.1. The molecule has 0 aliphatic rings. The number of hydrogen-bond acceptors (Lipinski definition) is 4. The summed E-state index contributed by atoms with van der Waals surface area (Å²) in [5.74, 6) is 0.602. The molecule has 1 N–H and O–H groups in total. The Morgan fingerprint density at radius 2 is 1.77 bits per heavy atom. The van der Waals surface area contributed by atoms with Crippen LogP contribution in [0, 0.1) is 0 Å². The Balaban J connectivity index is 1.94. The molecule has 7 heteroatoms. The summed E-state index contributed by atoms with van der Waals surface area (Å²) in [6.07, 6.45) is 3.64. The van der Waals surface area contributed by atoms with E-state index in [1.807, 2.05) is 36.9 Å². The fourth-order valence-corrected chi connectivity index (χ4v) is 3.62. The van der Waals surface area contributed by atoms with E-state index in [1.165, 1.54) is 19.2 Å². The standard InChI is InChI=1S/C19H21N3O3S/c1-14(2)22-13-15(12-20-22)18-6-4-5-7-19(18)21-26(23,24)17-10-8-16(25-3)9-11-17/h4-14,21H,1-3H3. The van der Waals surface area contributed by atoms with Gasteiger partial charge in [0.05, 0.1) is 23.9 Å². The minimum absolute atomic E-state index is 0.172. The normalized spacial score (nSPS) is 11.5. The first-order valence-electron chi connectivity index (χ1n) is 8.21. The number of methoxy groups -OCH3 is 1. The highest BCUT2D eigenvalue weighted by molar-refractivity contribution is 7.92. The van der Waals surface area contributed by atoms with Crippen molar-refractivity contribution in [2.45, 2.75) is 24.8 Å². The van der Waals surface area contributed by atoms with Gasteiger partial charge in [0.15, 0.2) is 0 Å².